The fourth-order valence-corrected chi connectivity index (χ4v) is 2.07. The van der Waals surface area contributed by atoms with Gasteiger partial charge in [-0.25, -0.2) is 4.39 Å². The van der Waals surface area contributed by atoms with E-state index in [0.29, 0.717) is 6.04 Å². The third kappa shape index (κ3) is 3.58. The van der Waals surface area contributed by atoms with E-state index in [4.69, 9.17) is 4.74 Å². The van der Waals surface area contributed by atoms with Crippen molar-refractivity contribution in [2.75, 3.05) is 7.11 Å². The molecule has 0 aliphatic carbocycles. The second kappa shape index (κ2) is 6.53. The molecular weight excluding hydrogens is 253 g/mol. The standard InChI is InChI=1S/C17H20FNO/c1-12(2)19-11-14-10-16(20-3)8-9-17(14)13-4-6-15(18)7-5-13/h4-10,12,19H,11H2,1-3H3. The van der Waals surface area contributed by atoms with Crippen LogP contribution < -0.4 is 10.1 Å². The van der Waals surface area contributed by atoms with E-state index in [1.54, 1.807) is 19.2 Å². The lowest BCUT2D eigenvalue weighted by Crippen LogP contribution is -2.22. The summed E-state index contributed by atoms with van der Waals surface area (Å²) in [4.78, 5) is 0. The van der Waals surface area contributed by atoms with Gasteiger partial charge in [-0.1, -0.05) is 32.0 Å². The fourth-order valence-electron chi connectivity index (χ4n) is 2.07. The van der Waals surface area contributed by atoms with Crippen LogP contribution in [0.1, 0.15) is 19.4 Å². The zero-order chi connectivity index (χ0) is 14.5. The van der Waals surface area contributed by atoms with Gasteiger partial charge in [-0.05, 0) is 41.0 Å². The van der Waals surface area contributed by atoms with Crippen molar-refractivity contribution in [2.24, 2.45) is 0 Å². The molecule has 0 spiro atoms. The van der Waals surface area contributed by atoms with Crippen molar-refractivity contribution in [2.45, 2.75) is 26.4 Å². The van der Waals surface area contributed by atoms with Crippen LogP contribution in [0.2, 0.25) is 0 Å². The number of rotatable bonds is 5. The SMILES string of the molecule is COc1ccc(-c2ccc(F)cc2)c(CNC(C)C)c1. The highest BCUT2D eigenvalue weighted by molar-refractivity contribution is 5.68. The van der Waals surface area contributed by atoms with Gasteiger partial charge < -0.3 is 10.1 Å². The van der Waals surface area contributed by atoms with E-state index in [9.17, 15) is 4.39 Å². The molecule has 2 nitrogen and oxygen atoms in total. The maximum atomic E-state index is 13.0. The van der Waals surface area contributed by atoms with Crippen LogP contribution in [-0.4, -0.2) is 13.2 Å². The normalized spacial score (nSPS) is 10.8. The zero-order valence-electron chi connectivity index (χ0n) is 12.1. The van der Waals surface area contributed by atoms with E-state index >= 15 is 0 Å². The van der Waals surface area contributed by atoms with Crippen molar-refractivity contribution in [1.29, 1.82) is 0 Å². The molecule has 0 fully saturated rings. The minimum Gasteiger partial charge on any atom is -0.497 e. The van der Waals surface area contributed by atoms with Crippen molar-refractivity contribution < 1.29 is 9.13 Å². The summed E-state index contributed by atoms with van der Waals surface area (Å²) >= 11 is 0. The molecule has 20 heavy (non-hydrogen) atoms. The summed E-state index contributed by atoms with van der Waals surface area (Å²) in [6, 6.07) is 12.9. The molecule has 0 unspecified atom stereocenters. The molecule has 2 aromatic rings. The summed E-state index contributed by atoms with van der Waals surface area (Å²) < 4.78 is 18.3. The lowest BCUT2D eigenvalue weighted by atomic mass is 9.99. The molecule has 1 N–H and O–H groups in total. The maximum Gasteiger partial charge on any atom is 0.123 e. The third-order valence-electron chi connectivity index (χ3n) is 3.17. The molecule has 0 amide bonds. The van der Waals surface area contributed by atoms with Gasteiger partial charge >= 0.3 is 0 Å². The van der Waals surface area contributed by atoms with Gasteiger partial charge in [0.15, 0.2) is 0 Å². The van der Waals surface area contributed by atoms with Crippen molar-refractivity contribution in [3.63, 3.8) is 0 Å². The summed E-state index contributed by atoms with van der Waals surface area (Å²) in [6.07, 6.45) is 0. The molecule has 106 valence electrons. The summed E-state index contributed by atoms with van der Waals surface area (Å²) in [6.45, 7) is 4.97. The van der Waals surface area contributed by atoms with Crippen molar-refractivity contribution >= 4 is 0 Å². The van der Waals surface area contributed by atoms with E-state index in [-0.39, 0.29) is 5.82 Å². The summed E-state index contributed by atoms with van der Waals surface area (Å²) in [5.41, 5.74) is 3.25. The fraction of sp³-hybridized carbons (Fsp3) is 0.294. The summed E-state index contributed by atoms with van der Waals surface area (Å²) in [5, 5.41) is 3.40. The Bertz CT molecular complexity index is 564. The van der Waals surface area contributed by atoms with Gasteiger partial charge in [0.2, 0.25) is 0 Å². The van der Waals surface area contributed by atoms with Crippen molar-refractivity contribution in [3.05, 3.63) is 53.8 Å². The van der Waals surface area contributed by atoms with E-state index in [1.807, 2.05) is 18.2 Å². The Morgan fingerprint density at radius 1 is 1.10 bits per heavy atom. The highest BCUT2D eigenvalue weighted by Crippen LogP contribution is 2.27. The minimum absolute atomic E-state index is 0.218. The smallest absolute Gasteiger partial charge is 0.123 e. The van der Waals surface area contributed by atoms with E-state index in [0.717, 1.165) is 29.0 Å². The lowest BCUT2D eigenvalue weighted by molar-refractivity contribution is 0.414. The van der Waals surface area contributed by atoms with E-state index < -0.39 is 0 Å². The number of methoxy groups -OCH3 is 1. The van der Waals surface area contributed by atoms with Crippen LogP contribution in [0.25, 0.3) is 11.1 Å². The number of hydrogen-bond acceptors (Lipinski definition) is 2. The van der Waals surface area contributed by atoms with Gasteiger partial charge in [0.25, 0.3) is 0 Å². The van der Waals surface area contributed by atoms with Crippen LogP contribution in [0.3, 0.4) is 0 Å². The van der Waals surface area contributed by atoms with Gasteiger partial charge in [0, 0.05) is 12.6 Å². The first kappa shape index (κ1) is 14.5. The van der Waals surface area contributed by atoms with E-state index in [2.05, 4.69) is 19.2 Å². The van der Waals surface area contributed by atoms with Crippen molar-refractivity contribution in [3.8, 4) is 16.9 Å². The number of ether oxygens (including phenoxy) is 1. The Labute approximate surface area is 119 Å². The van der Waals surface area contributed by atoms with Crippen LogP contribution in [0, 0.1) is 5.82 Å². The maximum absolute atomic E-state index is 13.0. The van der Waals surface area contributed by atoms with Gasteiger partial charge in [-0.3, -0.25) is 0 Å². The Kier molecular flexibility index (Phi) is 4.74. The average molecular weight is 273 g/mol. The summed E-state index contributed by atoms with van der Waals surface area (Å²) in [7, 11) is 1.66. The first-order valence-electron chi connectivity index (χ1n) is 6.76. The first-order chi connectivity index (χ1) is 9.60. The Hall–Kier alpha value is -1.87. The van der Waals surface area contributed by atoms with Crippen LogP contribution >= 0.6 is 0 Å². The predicted octanol–water partition coefficient (Wildman–Crippen LogP) is 4.00. The van der Waals surface area contributed by atoms with Crippen LogP contribution in [0.5, 0.6) is 5.75 Å². The highest BCUT2D eigenvalue weighted by Gasteiger charge is 2.08. The van der Waals surface area contributed by atoms with Gasteiger partial charge in [0.05, 0.1) is 7.11 Å². The largest absolute Gasteiger partial charge is 0.497 e. The molecule has 3 heteroatoms. The Morgan fingerprint density at radius 3 is 2.40 bits per heavy atom. The number of nitrogens with one attached hydrogen (secondary N) is 1. The molecule has 0 bridgehead atoms. The number of benzene rings is 2. The molecule has 2 aromatic carbocycles. The quantitative estimate of drug-likeness (QED) is 0.889. The van der Waals surface area contributed by atoms with Gasteiger partial charge in [-0.15, -0.1) is 0 Å². The first-order valence-corrected chi connectivity index (χ1v) is 6.76. The number of halogens is 1. The van der Waals surface area contributed by atoms with Crippen LogP contribution in [0.4, 0.5) is 4.39 Å². The second-order valence-corrected chi connectivity index (χ2v) is 5.07. The zero-order valence-corrected chi connectivity index (χ0v) is 12.1. The second-order valence-electron chi connectivity index (χ2n) is 5.07. The van der Waals surface area contributed by atoms with Gasteiger partial charge in [0.1, 0.15) is 11.6 Å². The third-order valence-corrected chi connectivity index (χ3v) is 3.17. The molecule has 0 aromatic heterocycles. The van der Waals surface area contributed by atoms with Crippen LogP contribution in [0.15, 0.2) is 42.5 Å². The molecule has 0 saturated heterocycles. The molecule has 0 saturated carbocycles. The Balaban J connectivity index is 2.37. The lowest BCUT2D eigenvalue weighted by Gasteiger charge is -2.14. The van der Waals surface area contributed by atoms with Gasteiger partial charge in [-0.2, -0.15) is 0 Å². The molecule has 0 aliphatic rings. The molecule has 2 rings (SSSR count). The predicted molar refractivity (Wildman–Crippen MR) is 80.4 cm³/mol. The minimum atomic E-state index is -0.218. The molecule has 0 heterocycles. The van der Waals surface area contributed by atoms with Crippen molar-refractivity contribution in [1.82, 2.24) is 5.32 Å². The average Bonchev–Trinajstić information content (AvgIpc) is 2.45. The monoisotopic (exact) mass is 273 g/mol. The molecule has 0 radical (unpaired) electrons. The number of hydrogen-bond donors (Lipinski definition) is 1. The highest BCUT2D eigenvalue weighted by atomic mass is 19.1. The summed E-state index contributed by atoms with van der Waals surface area (Å²) in [5.74, 6) is 0.612. The molecular formula is C17H20FNO. The molecule has 0 aliphatic heterocycles. The van der Waals surface area contributed by atoms with Crippen LogP contribution in [-0.2, 0) is 6.54 Å². The van der Waals surface area contributed by atoms with E-state index in [1.165, 1.54) is 12.1 Å². The molecule has 0 atom stereocenters. The Morgan fingerprint density at radius 2 is 1.80 bits per heavy atom. The topological polar surface area (TPSA) is 21.3 Å².